The van der Waals surface area contributed by atoms with Crippen LogP contribution in [-0.4, -0.2) is 48.5 Å². The van der Waals surface area contributed by atoms with Crippen LogP contribution in [0.25, 0.3) is 0 Å². The number of para-hydroxylation sites is 1. The van der Waals surface area contributed by atoms with Crippen molar-refractivity contribution >= 4 is 11.6 Å². The van der Waals surface area contributed by atoms with Crippen LogP contribution in [-0.2, 0) is 6.54 Å². The van der Waals surface area contributed by atoms with Crippen LogP contribution in [0.2, 0.25) is 0 Å². The van der Waals surface area contributed by atoms with Crippen molar-refractivity contribution in [1.29, 1.82) is 0 Å². The third-order valence-corrected chi connectivity index (χ3v) is 4.12. The SMILES string of the molecule is CCNC(=NCCCN(CC)c1ccccc1)NCCCn1cccn1. The standard InChI is InChI=1S/C20H32N6/c1-3-21-20(23-14-9-17-26-18-10-15-24-26)22-13-8-16-25(4-2)19-11-6-5-7-12-19/h5-7,10-12,15,18H,3-4,8-9,13-14,16-17H2,1-2H3,(H2,21,22,23). The van der Waals surface area contributed by atoms with Gasteiger partial charge in [-0.05, 0) is 44.9 Å². The highest BCUT2D eigenvalue weighted by molar-refractivity contribution is 5.79. The van der Waals surface area contributed by atoms with Gasteiger partial charge in [0.15, 0.2) is 5.96 Å². The number of aliphatic imine (C=N–C) groups is 1. The second-order valence-corrected chi connectivity index (χ2v) is 6.08. The third-order valence-electron chi connectivity index (χ3n) is 4.12. The zero-order valence-electron chi connectivity index (χ0n) is 16.1. The van der Waals surface area contributed by atoms with E-state index in [9.17, 15) is 0 Å². The van der Waals surface area contributed by atoms with Crippen molar-refractivity contribution < 1.29 is 0 Å². The first kappa shape index (κ1) is 19.8. The number of anilines is 1. The zero-order chi connectivity index (χ0) is 18.5. The maximum absolute atomic E-state index is 4.69. The van der Waals surface area contributed by atoms with Crippen LogP contribution in [0.4, 0.5) is 5.69 Å². The number of nitrogens with zero attached hydrogens (tertiary/aromatic N) is 4. The van der Waals surface area contributed by atoms with E-state index < -0.39 is 0 Å². The number of hydrogen-bond acceptors (Lipinski definition) is 3. The van der Waals surface area contributed by atoms with Crippen LogP contribution in [0, 0.1) is 0 Å². The molecule has 142 valence electrons. The molecule has 6 nitrogen and oxygen atoms in total. The van der Waals surface area contributed by atoms with E-state index in [0.29, 0.717) is 0 Å². The Morgan fingerprint density at radius 1 is 1.12 bits per heavy atom. The van der Waals surface area contributed by atoms with Gasteiger partial charge in [-0.1, -0.05) is 18.2 Å². The number of guanidine groups is 1. The molecule has 1 heterocycles. The Morgan fingerprint density at radius 2 is 1.96 bits per heavy atom. The quantitative estimate of drug-likeness (QED) is 0.369. The summed E-state index contributed by atoms with van der Waals surface area (Å²) in [5.74, 6) is 0.899. The minimum absolute atomic E-state index is 0.817. The van der Waals surface area contributed by atoms with Gasteiger partial charge in [0.25, 0.3) is 0 Å². The molecule has 0 bridgehead atoms. The topological polar surface area (TPSA) is 57.5 Å². The van der Waals surface area contributed by atoms with Crippen molar-refractivity contribution in [2.75, 3.05) is 37.6 Å². The first-order valence-corrected chi connectivity index (χ1v) is 9.63. The minimum atomic E-state index is 0.817. The fourth-order valence-electron chi connectivity index (χ4n) is 2.78. The average Bonchev–Trinajstić information content (AvgIpc) is 3.19. The Bertz CT molecular complexity index is 608. The summed E-state index contributed by atoms with van der Waals surface area (Å²) in [6, 6.07) is 12.5. The van der Waals surface area contributed by atoms with Crippen molar-refractivity contribution in [3.05, 3.63) is 48.8 Å². The molecule has 26 heavy (non-hydrogen) atoms. The second kappa shape index (κ2) is 12.0. The molecule has 0 fully saturated rings. The first-order valence-electron chi connectivity index (χ1n) is 9.63. The van der Waals surface area contributed by atoms with E-state index >= 15 is 0 Å². The lowest BCUT2D eigenvalue weighted by Crippen LogP contribution is -2.38. The largest absolute Gasteiger partial charge is 0.372 e. The van der Waals surface area contributed by atoms with Gasteiger partial charge in [-0.15, -0.1) is 0 Å². The highest BCUT2D eigenvalue weighted by Crippen LogP contribution is 2.12. The summed E-state index contributed by atoms with van der Waals surface area (Å²) < 4.78 is 1.95. The van der Waals surface area contributed by atoms with Crippen LogP contribution in [0.1, 0.15) is 26.7 Å². The van der Waals surface area contributed by atoms with Gasteiger partial charge in [0.05, 0.1) is 0 Å². The Balaban J connectivity index is 1.70. The van der Waals surface area contributed by atoms with Crippen LogP contribution >= 0.6 is 0 Å². The fraction of sp³-hybridized carbons (Fsp3) is 0.500. The van der Waals surface area contributed by atoms with E-state index in [0.717, 1.165) is 58.1 Å². The fourth-order valence-corrected chi connectivity index (χ4v) is 2.78. The molecule has 0 unspecified atom stereocenters. The molecule has 0 saturated heterocycles. The lowest BCUT2D eigenvalue weighted by molar-refractivity contribution is 0.570. The lowest BCUT2D eigenvalue weighted by Gasteiger charge is -2.22. The number of rotatable bonds is 11. The van der Waals surface area contributed by atoms with E-state index in [1.807, 2.05) is 23.1 Å². The van der Waals surface area contributed by atoms with Gasteiger partial charge in [-0.2, -0.15) is 5.10 Å². The molecule has 2 aromatic rings. The van der Waals surface area contributed by atoms with E-state index in [1.165, 1.54) is 5.69 Å². The van der Waals surface area contributed by atoms with Gasteiger partial charge in [0, 0.05) is 57.3 Å². The van der Waals surface area contributed by atoms with Gasteiger partial charge in [-0.25, -0.2) is 0 Å². The van der Waals surface area contributed by atoms with Crippen LogP contribution < -0.4 is 15.5 Å². The number of hydrogen-bond donors (Lipinski definition) is 2. The van der Waals surface area contributed by atoms with Crippen molar-refractivity contribution in [3.8, 4) is 0 Å². The highest BCUT2D eigenvalue weighted by atomic mass is 15.3. The predicted octanol–water partition coefficient (Wildman–Crippen LogP) is 2.74. The molecule has 0 aliphatic carbocycles. The molecule has 1 aromatic carbocycles. The molecule has 0 atom stereocenters. The summed E-state index contributed by atoms with van der Waals surface area (Å²) in [4.78, 5) is 7.08. The van der Waals surface area contributed by atoms with Crippen molar-refractivity contribution in [2.24, 2.45) is 4.99 Å². The summed E-state index contributed by atoms with van der Waals surface area (Å²) in [6.45, 7) is 9.81. The van der Waals surface area contributed by atoms with Gasteiger partial charge < -0.3 is 15.5 Å². The molecular weight excluding hydrogens is 324 g/mol. The normalized spacial score (nSPS) is 11.4. The van der Waals surface area contributed by atoms with Gasteiger partial charge in [-0.3, -0.25) is 9.67 Å². The van der Waals surface area contributed by atoms with Crippen LogP contribution in [0.3, 0.4) is 0 Å². The highest BCUT2D eigenvalue weighted by Gasteiger charge is 2.03. The lowest BCUT2D eigenvalue weighted by atomic mass is 10.2. The molecule has 0 spiro atoms. The van der Waals surface area contributed by atoms with E-state index in [1.54, 1.807) is 0 Å². The van der Waals surface area contributed by atoms with Crippen LogP contribution in [0.5, 0.6) is 0 Å². The predicted molar refractivity (Wildman–Crippen MR) is 110 cm³/mol. The van der Waals surface area contributed by atoms with Crippen molar-refractivity contribution in [3.63, 3.8) is 0 Å². The van der Waals surface area contributed by atoms with Gasteiger partial charge in [0.1, 0.15) is 0 Å². The molecule has 0 saturated carbocycles. The molecular formula is C20H32N6. The Kier molecular flexibility index (Phi) is 9.11. The minimum Gasteiger partial charge on any atom is -0.372 e. The summed E-state index contributed by atoms with van der Waals surface area (Å²) >= 11 is 0. The summed E-state index contributed by atoms with van der Waals surface area (Å²) in [5.41, 5.74) is 1.28. The number of aromatic nitrogens is 2. The van der Waals surface area contributed by atoms with E-state index in [2.05, 4.69) is 64.8 Å². The summed E-state index contributed by atoms with van der Waals surface area (Å²) in [5, 5.41) is 10.9. The second-order valence-electron chi connectivity index (χ2n) is 6.08. The van der Waals surface area contributed by atoms with Crippen molar-refractivity contribution in [2.45, 2.75) is 33.2 Å². The molecule has 0 amide bonds. The van der Waals surface area contributed by atoms with E-state index in [-0.39, 0.29) is 0 Å². The number of nitrogens with one attached hydrogen (secondary N) is 2. The first-order chi connectivity index (χ1) is 12.8. The monoisotopic (exact) mass is 356 g/mol. The molecule has 2 rings (SSSR count). The zero-order valence-corrected chi connectivity index (χ0v) is 16.1. The molecule has 0 aliphatic heterocycles. The van der Waals surface area contributed by atoms with Crippen molar-refractivity contribution in [1.82, 2.24) is 20.4 Å². The average molecular weight is 357 g/mol. The number of aryl methyl sites for hydroxylation is 1. The Labute approximate surface area is 157 Å². The molecule has 2 N–H and O–H groups in total. The molecule has 0 radical (unpaired) electrons. The van der Waals surface area contributed by atoms with Gasteiger partial charge in [0.2, 0.25) is 0 Å². The smallest absolute Gasteiger partial charge is 0.191 e. The third kappa shape index (κ3) is 7.17. The molecule has 0 aliphatic rings. The summed E-state index contributed by atoms with van der Waals surface area (Å²) in [6.07, 6.45) is 5.86. The Hall–Kier alpha value is -2.50. The van der Waals surface area contributed by atoms with Crippen LogP contribution in [0.15, 0.2) is 53.8 Å². The maximum Gasteiger partial charge on any atom is 0.191 e. The van der Waals surface area contributed by atoms with Gasteiger partial charge >= 0.3 is 0 Å². The molecule has 1 aromatic heterocycles. The number of benzene rings is 1. The maximum atomic E-state index is 4.69. The summed E-state index contributed by atoms with van der Waals surface area (Å²) in [7, 11) is 0. The Morgan fingerprint density at radius 3 is 2.65 bits per heavy atom. The molecule has 6 heteroatoms. The van der Waals surface area contributed by atoms with E-state index in [4.69, 9.17) is 4.99 Å².